The standard InChI is InChI=1S/C25H33N5O3/c1-27-10-12-28(13-11-27)22-19-21(8-9-23(22)33-2)26-25(32)30-16-14-29(15-17-30)24(31)18-20-6-4-3-5-7-20/h3-9,19H,10-18H2,1-2H3,(H,26,32). The average Bonchev–Trinajstić information content (AvgIpc) is 2.85. The van der Waals surface area contributed by atoms with Gasteiger partial charge >= 0.3 is 6.03 Å². The average molecular weight is 452 g/mol. The molecule has 1 N–H and O–H groups in total. The van der Waals surface area contributed by atoms with E-state index >= 15 is 0 Å². The highest BCUT2D eigenvalue weighted by Crippen LogP contribution is 2.32. The fourth-order valence-electron chi connectivity index (χ4n) is 4.31. The number of benzene rings is 2. The van der Waals surface area contributed by atoms with E-state index in [1.54, 1.807) is 12.0 Å². The van der Waals surface area contributed by atoms with Gasteiger partial charge in [0.15, 0.2) is 0 Å². The Bertz CT molecular complexity index is 952. The third-order valence-electron chi connectivity index (χ3n) is 6.39. The SMILES string of the molecule is COc1ccc(NC(=O)N2CCN(C(=O)Cc3ccccc3)CC2)cc1N1CCN(C)CC1. The summed E-state index contributed by atoms with van der Waals surface area (Å²) in [5.74, 6) is 0.913. The summed E-state index contributed by atoms with van der Waals surface area (Å²) in [6.07, 6.45) is 0.397. The molecule has 176 valence electrons. The fraction of sp³-hybridized carbons (Fsp3) is 0.440. The van der Waals surface area contributed by atoms with Crippen LogP contribution < -0.4 is 15.0 Å². The van der Waals surface area contributed by atoms with Crippen LogP contribution in [0.3, 0.4) is 0 Å². The second-order valence-corrected chi connectivity index (χ2v) is 8.64. The number of carbonyl (C=O) groups is 2. The van der Waals surface area contributed by atoms with Gasteiger partial charge in [-0.05, 0) is 30.8 Å². The molecule has 2 aromatic rings. The van der Waals surface area contributed by atoms with E-state index in [2.05, 4.69) is 22.2 Å². The van der Waals surface area contributed by atoms with Gasteiger partial charge in [0.2, 0.25) is 5.91 Å². The molecule has 8 heteroatoms. The molecule has 0 radical (unpaired) electrons. The fourth-order valence-corrected chi connectivity index (χ4v) is 4.31. The molecule has 2 heterocycles. The summed E-state index contributed by atoms with van der Waals surface area (Å²) in [5.41, 5.74) is 2.76. The van der Waals surface area contributed by atoms with Gasteiger partial charge in [0, 0.05) is 58.0 Å². The third kappa shape index (κ3) is 5.76. The molecule has 0 spiro atoms. The number of rotatable bonds is 5. The van der Waals surface area contributed by atoms with Crippen LogP contribution in [0.5, 0.6) is 5.75 Å². The van der Waals surface area contributed by atoms with Gasteiger partial charge in [0.1, 0.15) is 5.75 Å². The van der Waals surface area contributed by atoms with Crippen LogP contribution in [-0.2, 0) is 11.2 Å². The van der Waals surface area contributed by atoms with Crippen LogP contribution in [-0.4, -0.2) is 93.2 Å². The lowest BCUT2D eigenvalue weighted by molar-refractivity contribution is -0.131. The Hall–Kier alpha value is -3.26. The number of hydrogen-bond donors (Lipinski definition) is 1. The first-order valence-electron chi connectivity index (χ1n) is 11.5. The summed E-state index contributed by atoms with van der Waals surface area (Å²) in [6, 6.07) is 15.4. The van der Waals surface area contributed by atoms with Gasteiger partial charge in [0.05, 0.1) is 19.2 Å². The van der Waals surface area contributed by atoms with Crippen molar-refractivity contribution in [3.8, 4) is 5.75 Å². The molecule has 8 nitrogen and oxygen atoms in total. The summed E-state index contributed by atoms with van der Waals surface area (Å²) in [7, 11) is 3.80. The largest absolute Gasteiger partial charge is 0.495 e. The number of nitrogens with zero attached hydrogens (tertiary/aromatic N) is 4. The minimum Gasteiger partial charge on any atom is -0.495 e. The van der Waals surface area contributed by atoms with Gasteiger partial charge in [-0.2, -0.15) is 0 Å². The minimum absolute atomic E-state index is 0.105. The Morgan fingerprint density at radius 3 is 2.21 bits per heavy atom. The molecule has 2 aliphatic heterocycles. The van der Waals surface area contributed by atoms with E-state index < -0.39 is 0 Å². The summed E-state index contributed by atoms with van der Waals surface area (Å²) in [6.45, 7) is 5.97. The molecule has 0 atom stereocenters. The van der Waals surface area contributed by atoms with Crippen LogP contribution in [0.2, 0.25) is 0 Å². The number of urea groups is 1. The molecule has 3 amide bonds. The first-order chi connectivity index (χ1) is 16.0. The Labute approximate surface area is 195 Å². The van der Waals surface area contributed by atoms with Gasteiger partial charge < -0.3 is 29.7 Å². The van der Waals surface area contributed by atoms with Gasteiger partial charge in [-0.15, -0.1) is 0 Å². The van der Waals surface area contributed by atoms with Crippen LogP contribution in [0.25, 0.3) is 0 Å². The quantitative estimate of drug-likeness (QED) is 0.756. The van der Waals surface area contributed by atoms with E-state index in [-0.39, 0.29) is 11.9 Å². The van der Waals surface area contributed by atoms with E-state index in [0.717, 1.165) is 48.9 Å². The Morgan fingerprint density at radius 2 is 1.55 bits per heavy atom. The predicted molar refractivity (Wildman–Crippen MR) is 130 cm³/mol. The minimum atomic E-state index is -0.139. The topological polar surface area (TPSA) is 68.4 Å². The van der Waals surface area contributed by atoms with Crippen molar-refractivity contribution in [1.29, 1.82) is 0 Å². The molecule has 2 saturated heterocycles. The summed E-state index contributed by atoms with van der Waals surface area (Å²) in [4.78, 5) is 33.7. The van der Waals surface area contributed by atoms with Gasteiger partial charge in [0.25, 0.3) is 0 Å². The maximum absolute atomic E-state index is 12.9. The van der Waals surface area contributed by atoms with E-state index in [4.69, 9.17) is 4.74 Å². The molecule has 2 aliphatic rings. The first kappa shape index (κ1) is 22.9. The van der Waals surface area contributed by atoms with Crippen molar-refractivity contribution in [3.05, 3.63) is 54.1 Å². The molecular weight excluding hydrogens is 418 g/mol. The number of hydrogen-bond acceptors (Lipinski definition) is 5. The van der Waals surface area contributed by atoms with Gasteiger partial charge in [-0.3, -0.25) is 4.79 Å². The van der Waals surface area contributed by atoms with Crippen molar-refractivity contribution in [3.63, 3.8) is 0 Å². The highest BCUT2D eigenvalue weighted by atomic mass is 16.5. The lowest BCUT2D eigenvalue weighted by atomic mass is 10.1. The van der Waals surface area contributed by atoms with Crippen LogP contribution in [0.1, 0.15) is 5.56 Å². The Kier molecular flexibility index (Phi) is 7.34. The number of methoxy groups -OCH3 is 1. The molecule has 4 rings (SSSR count). The Morgan fingerprint density at radius 1 is 0.879 bits per heavy atom. The summed E-state index contributed by atoms with van der Waals surface area (Å²) < 4.78 is 5.56. The second-order valence-electron chi connectivity index (χ2n) is 8.64. The lowest BCUT2D eigenvalue weighted by Crippen LogP contribution is -2.52. The number of anilines is 2. The molecule has 0 saturated carbocycles. The molecule has 0 aromatic heterocycles. The Balaban J connectivity index is 1.32. The lowest BCUT2D eigenvalue weighted by Gasteiger charge is -2.35. The summed E-state index contributed by atoms with van der Waals surface area (Å²) >= 11 is 0. The molecule has 0 bridgehead atoms. The summed E-state index contributed by atoms with van der Waals surface area (Å²) in [5, 5.41) is 3.03. The number of carbonyl (C=O) groups excluding carboxylic acids is 2. The molecule has 0 aliphatic carbocycles. The van der Waals surface area contributed by atoms with Crippen molar-refractivity contribution in [1.82, 2.24) is 14.7 Å². The zero-order chi connectivity index (χ0) is 23.2. The van der Waals surface area contributed by atoms with Gasteiger partial charge in [-0.25, -0.2) is 4.79 Å². The maximum atomic E-state index is 12.9. The number of amides is 3. The van der Waals surface area contributed by atoms with Crippen molar-refractivity contribution >= 4 is 23.3 Å². The number of piperazine rings is 2. The molecule has 2 fully saturated rings. The monoisotopic (exact) mass is 451 g/mol. The molecule has 33 heavy (non-hydrogen) atoms. The van der Waals surface area contributed by atoms with Crippen LogP contribution in [0, 0.1) is 0 Å². The zero-order valence-corrected chi connectivity index (χ0v) is 19.5. The van der Waals surface area contributed by atoms with E-state index in [9.17, 15) is 9.59 Å². The van der Waals surface area contributed by atoms with Crippen molar-refractivity contribution in [2.24, 2.45) is 0 Å². The highest BCUT2D eigenvalue weighted by molar-refractivity contribution is 5.90. The smallest absolute Gasteiger partial charge is 0.321 e. The zero-order valence-electron chi connectivity index (χ0n) is 19.5. The van der Waals surface area contributed by atoms with Crippen molar-refractivity contribution < 1.29 is 14.3 Å². The van der Waals surface area contributed by atoms with Gasteiger partial charge in [-0.1, -0.05) is 30.3 Å². The third-order valence-corrected chi connectivity index (χ3v) is 6.39. The molecule has 2 aromatic carbocycles. The number of ether oxygens (including phenoxy) is 1. The maximum Gasteiger partial charge on any atom is 0.321 e. The second kappa shape index (κ2) is 10.6. The van der Waals surface area contributed by atoms with Crippen LogP contribution >= 0.6 is 0 Å². The van der Waals surface area contributed by atoms with E-state index in [1.807, 2.05) is 53.4 Å². The highest BCUT2D eigenvalue weighted by Gasteiger charge is 2.25. The molecular formula is C25H33N5O3. The van der Waals surface area contributed by atoms with Crippen molar-refractivity contribution in [2.75, 3.05) is 76.7 Å². The van der Waals surface area contributed by atoms with E-state index in [0.29, 0.717) is 32.6 Å². The number of likely N-dealkylation sites (N-methyl/N-ethyl adjacent to an activating group) is 1. The molecule has 0 unspecified atom stereocenters. The van der Waals surface area contributed by atoms with E-state index in [1.165, 1.54) is 0 Å². The number of nitrogens with one attached hydrogen (secondary N) is 1. The normalized spacial score (nSPS) is 17.1. The van der Waals surface area contributed by atoms with Crippen LogP contribution in [0.15, 0.2) is 48.5 Å². The predicted octanol–water partition coefficient (Wildman–Crippen LogP) is 2.37. The first-order valence-corrected chi connectivity index (χ1v) is 11.5. The van der Waals surface area contributed by atoms with Crippen molar-refractivity contribution in [2.45, 2.75) is 6.42 Å². The van der Waals surface area contributed by atoms with Crippen LogP contribution in [0.4, 0.5) is 16.2 Å².